The first kappa shape index (κ1) is 17.1. The van der Waals surface area contributed by atoms with E-state index in [9.17, 15) is 9.59 Å². The van der Waals surface area contributed by atoms with Crippen LogP contribution in [0.25, 0.3) is 0 Å². The van der Waals surface area contributed by atoms with Gasteiger partial charge in [0.25, 0.3) is 0 Å². The third-order valence-electron chi connectivity index (χ3n) is 2.83. The lowest BCUT2D eigenvalue weighted by Crippen LogP contribution is -2.39. The number of aryl methyl sites for hydroxylation is 1. The fourth-order valence-electron chi connectivity index (χ4n) is 1.72. The molecule has 1 unspecified atom stereocenters. The second-order valence-corrected chi connectivity index (χ2v) is 4.55. The molecule has 0 aliphatic heterocycles. The molecule has 1 aromatic rings. The molecule has 0 saturated heterocycles. The molecular formula is C15H22N2O4. The minimum absolute atomic E-state index is 0.170. The molecule has 3 N–H and O–H groups in total. The van der Waals surface area contributed by atoms with Crippen LogP contribution in [-0.4, -0.2) is 38.2 Å². The number of nitrogens with two attached hydrogens (primary N) is 1. The van der Waals surface area contributed by atoms with Crippen molar-refractivity contribution in [3.05, 3.63) is 29.8 Å². The SMILES string of the molecule is CCOC(=O)CCc1ccc(NC(=O)C(N)COC)cc1. The highest BCUT2D eigenvalue weighted by atomic mass is 16.5. The Balaban J connectivity index is 2.46. The molecule has 1 atom stereocenters. The zero-order valence-corrected chi connectivity index (χ0v) is 12.4. The summed E-state index contributed by atoms with van der Waals surface area (Å²) in [5.74, 6) is -0.503. The molecule has 21 heavy (non-hydrogen) atoms. The standard InChI is InChI=1S/C15H22N2O4/c1-3-21-14(18)9-6-11-4-7-12(8-5-11)17-15(19)13(16)10-20-2/h4-5,7-8,13H,3,6,9-10,16H2,1-2H3,(H,17,19). The Hall–Kier alpha value is -1.92. The van der Waals surface area contributed by atoms with Crippen molar-refractivity contribution < 1.29 is 19.1 Å². The van der Waals surface area contributed by atoms with E-state index in [2.05, 4.69) is 5.32 Å². The van der Waals surface area contributed by atoms with Crippen LogP contribution in [0.3, 0.4) is 0 Å². The lowest BCUT2D eigenvalue weighted by molar-refractivity contribution is -0.143. The van der Waals surface area contributed by atoms with Crippen LogP contribution in [0.1, 0.15) is 18.9 Å². The zero-order valence-electron chi connectivity index (χ0n) is 12.4. The average Bonchev–Trinajstić information content (AvgIpc) is 2.47. The molecule has 0 spiro atoms. The number of esters is 1. The van der Waals surface area contributed by atoms with Gasteiger partial charge in [-0.05, 0) is 31.0 Å². The van der Waals surface area contributed by atoms with Crippen LogP contribution >= 0.6 is 0 Å². The fraction of sp³-hybridized carbons (Fsp3) is 0.467. The number of carbonyl (C=O) groups excluding carboxylic acids is 2. The van der Waals surface area contributed by atoms with Gasteiger partial charge in [-0.1, -0.05) is 12.1 Å². The molecule has 0 saturated carbocycles. The lowest BCUT2D eigenvalue weighted by Gasteiger charge is -2.11. The van der Waals surface area contributed by atoms with Crippen LogP contribution < -0.4 is 11.1 Å². The zero-order chi connectivity index (χ0) is 15.7. The largest absolute Gasteiger partial charge is 0.466 e. The van der Waals surface area contributed by atoms with Gasteiger partial charge >= 0.3 is 5.97 Å². The van der Waals surface area contributed by atoms with Gasteiger partial charge in [-0.15, -0.1) is 0 Å². The maximum Gasteiger partial charge on any atom is 0.306 e. The van der Waals surface area contributed by atoms with Crippen molar-refractivity contribution >= 4 is 17.6 Å². The molecule has 0 radical (unpaired) electrons. The molecule has 0 bridgehead atoms. The summed E-state index contributed by atoms with van der Waals surface area (Å²) in [4.78, 5) is 23.0. The molecule has 0 fully saturated rings. The van der Waals surface area contributed by atoms with E-state index in [1.807, 2.05) is 12.1 Å². The van der Waals surface area contributed by atoms with Crippen LogP contribution in [0.5, 0.6) is 0 Å². The summed E-state index contributed by atoms with van der Waals surface area (Å²) >= 11 is 0. The Labute approximate surface area is 124 Å². The number of anilines is 1. The van der Waals surface area contributed by atoms with Crippen LogP contribution in [0, 0.1) is 0 Å². The quantitative estimate of drug-likeness (QED) is 0.700. The van der Waals surface area contributed by atoms with Gasteiger partial charge in [-0.3, -0.25) is 9.59 Å². The molecule has 6 nitrogen and oxygen atoms in total. The smallest absolute Gasteiger partial charge is 0.306 e. The first-order chi connectivity index (χ1) is 10.1. The number of ether oxygens (including phenoxy) is 2. The number of nitrogens with one attached hydrogen (secondary N) is 1. The van der Waals surface area contributed by atoms with Crippen molar-refractivity contribution in [2.45, 2.75) is 25.8 Å². The number of methoxy groups -OCH3 is 1. The Morgan fingerprint density at radius 3 is 2.52 bits per heavy atom. The molecule has 0 heterocycles. The summed E-state index contributed by atoms with van der Waals surface area (Å²) in [6.07, 6.45) is 0.953. The van der Waals surface area contributed by atoms with E-state index in [1.54, 1.807) is 19.1 Å². The van der Waals surface area contributed by atoms with Crippen LogP contribution in [0.2, 0.25) is 0 Å². The Kier molecular flexibility index (Phi) is 7.42. The van der Waals surface area contributed by atoms with Gasteiger partial charge in [0.2, 0.25) is 5.91 Å². The van der Waals surface area contributed by atoms with Crippen molar-refractivity contribution in [2.24, 2.45) is 5.73 Å². The minimum Gasteiger partial charge on any atom is -0.466 e. The number of carbonyl (C=O) groups is 2. The van der Waals surface area contributed by atoms with E-state index in [-0.39, 0.29) is 18.5 Å². The van der Waals surface area contributed by atoms with E-state index >= 15 is 0 Å². The number of amides is 1. The fourth-order valence-corrected chi connectivity index (χ4v) is 1.72. The third-order valence-corrected chi connectivity index (χ3v) is 2.83. The number of rotatable bonds is 8. The number of hydrogen-bond donors (Lipinski definition) is 2. The summed E-state index contributed by atoms with van der Waals surface area (Å²) in [5, 5.41) is 2.70. The van der Waals surface area contributed by atoms with Crippen LogP contribution in [0.4, 0.5) is 5.69 Å². The van der Waals surface area contributed by atoms with Gasteiger partial charge in [-0.2, -0.15) is 0 Å². The van der Waals surface area contributed by atoms with Gasteiger partial charge in [0, 0.05) is 19.2 Å². The van der Waals surface area contributed by atoms with Crippen molar-refractivity contribution in [2.75, 3.05) is 25.6 Å². The summed E-state index contributed by atoms with van der Waals surface area (Å²) in [7, 11) is 1.49. The van der Waals surface area contributed by atoms with E-state index < -0.39 is 6.04 Å². The van der Waals surface area contributed by atoms with Crippen molar-refractivity contribution in [3.8, 4) is 0 Å². The Bertz CT molecular complexity index is 459. The molecular weight excluding hydrogens is 272 g/mol. The third kappa shape index (κ3) is 6.37. The number of hydrogen-bond acceptors (Lipinski definition) is 5. The minimum atomic E-state index is -0.696. The normalized spacial score (nSPS) is 11.8. The highest BCUT2D eigenvalue weighted by molar-refractivity contribution is 5.94. The van der Waals surface area contributed by atoms with Crippen LogP contribution in [0.15, 0.2) is 24.3 Å². The van der Waals surface area contributed by atoms with Crippen molar-refractivity contribution in [1.29, 1.82) is 0 Å². The van der Waals surface area contributed by atoms with E-state index in [0.717, 1.165) is 5.56 Å². The van der Waals surface area contributed by atoms with E-state index in [4.69, 9.17) is 15.2 Å². The van der Waals surface area contributed by atoms with Gasteiger partial charge in [0.05, 0.1) is 13.2 Å². The van der Waals surface area contributed by atoms with Crippen molar-refractivity contribution in [1.82, 2.24) is 0 Å². The predicted molar refractivity (Wildman–Crippen MR) is 79.9 cm³/mol. The monoisotopic (exact) mass is 294 g/mol. The molecule has 6 heteroatoms. The summed E-state index contributed by atoms with van der Waals surface area (Å²) < 4.78 is 9.69. The number of benzene rings is 1. The van der Waals surface area contributed by atoms with Crippen molar-refractivity contribution in [3.63, 3.8) is 0 Å². The van der Waals surface area contributed by atoms with Gasteiger partial charge < -0.3 is 20.5 Å². The maximum absolute atomic E-state index is 11.7. The highest BCUT2D eigenvalue weighted by Crippen LogP contribution is 2.11. The first-order valence-corrected chi connectivity index (χ1v) is 6.86. The highest BCUT2D eigenvalue weighted by Gasteiger charge is 2.12. The van der Waals surface area contributed by atoms with E-state index in [0.29, 0.717) is 25.1 Å². The summed E-state index contributed by atoms with van der Waals surface area (Å²) in [5.41, 5.74) is 7.29. The second-order valence-electron chi connectivity index (χ2n) is 4.55. The van der Waals surface area contributed by atoms with Crippen LogP contribution in [-0.2, 0) is 25.5 Å². The second kappa shape index (κ2) is 9.10. The molecule has 116 valence electrons. The maximum atomic E-state index is 11.7. The molecule has 0 aliphatic rings. The van der Waals surface area contributed by atoms with Gasteiger partial charge in [-0.25, -0.2) is 0 Å². The van der Waals surface area contributed by atoms with Gasteiger partial charge in [0.15, 0.2) is 0 Å². The molecule has 1 amide bonds. The van der Waals surface area contributed by atoms with Gasteiger partial charge in [0.1, 0.15) is 6.04 Å². The lowest BCUT2D eigenvalue weighted by atomic mass is 10.1. The Morgan fingerprint density at radius 2 is 1.95 bits per heavy atom. The molecule has 0 aromatic heterocycles. The molecule has 0 aliphatic carbocycles. The first-order valence-electron chi connectivity index (χ1n) is 6.86. The molecule has 1 rings (SSSR count). The molecule has 1 aromatic carbocycles. The Morgan fingerprint density at radius 1 is 1.29 bits per heavy atom. The van der Waals surface area contributed by atoms with E-state index in [1.165, 1.54) is 7.11 Å². The topological polar surface area (TPSA) is 90.7 Å². The predicted octanol–water partition coefficient (Wildman–Crippen LogP) is 1.09. The average molecular weight is 294 g/mol. The summed E-state index contributed by atoms with van der Waals surface area (Å²) in [6.45, 7) is 2.35. The summed E-state index contributed by atoms with van der Waals surface area (Å²) in [6, 6.07) is 6.57.